The smallest absolute Gasteiger partial charge is 0.0541 e. The molecule has 0 saturated heterocycles. The van der Waals surface area contributed by atoms with Crippen LogP contribution in [0.15, 0.2) is 84.9 Å². The Kier molecular flexibility index (Phi) is 4.22. The molecule has 12 rings (SSSR count). The van der Waals surface area contributed by atoms with Crippen LogP contribution < -0.4 is 0 Å². The monoisotopic (exact) mass is 591 g/mol. The van der Waals surface area contributed by atoms with Crippen molar-refractivity contribution < 1.29 is 0 Å². The fraction of sp³-hybridized carbons (Fsp3) is 0.429. The van der Waals surface area contributed by atoms with Crippen molar-refractivity contribution in [2.24, 2.45) is 40.9 Å². The number of fused-ring (bicyclic) bond motifs is 4. The van der Waals surface area contributed by atoms with Crippen LogP contribution in [0.2, 0.25) is 5.02 Å². The predicted molar refractivity (Wildman–Crippen MR) is 180 cm³/mol. The number of hydrogen-bond acceptors (Lipinski definition) is 0. The Morgan fingerprint density at radius 3 is 1.91 bits per heavy atom. The summed E-state index contributed by atoms with van der Waals surface area (Å²) >= 11 is 6.88. The SMILES string of the molecule is Clc1cc(-c2ccccc2)cc(-n2c3ccc(C45CC6CC7CC(C4)C76C5)cc3c3cc(C45C6CCC4CC5C6)ccc32)c1. The highest BCUT2D eigenvalue weighted by molar-refractivity contribution is 6.31. The summed E-state index contributed by atoms with van der Waals surface area (Å²) in [7, 11) is 0. The van der Waals surface area contributed by atoms with Crippen LogP contribution in [0.4, 0.5) is 0 Å². The topological polar surface area (TPSA) is 4.93 Å². The highest BCUT2D eigenvalue weighted by Crippen LogP contribution is 2.84. The standard InChI is InChI=1S/C42H38ClN/c43-34-12-25(24-4-2-1-3-5-24)13-35(20-34)44-38-10-8-26(40-21-32-16-30-17-33(22-40)41(30,32)23-40)18-36(38)37-19-29(9-11-39(37)44)42-27-6-7-28(42)15-31(42)14-27/h1-5,8-13,18-20,27-28,30-33H,6-7,14-17,21-23H2. The lowest BCUT2D eigenvalue weighted by molar-refractivity contribution is -0.175. The molecule has 218 valence electrons. The summed E-state index contributed by atoms with van der Waals surface area (Å²) < 4.78 is 2.52. The Labute approximate surface area is 264 Å². The van der Waals surface area contributed by atoms with Crippen LogP contribution in [-0.2, 0) is 10.8 Å². The highest BCUT2D eigenvalue weighted by Gasteiger charge is 2.77. The molecule has 5 aromatic rings. The lowest BCUT2D eigenvalue weighted by atomic mass is 9.38. The molecule has 1 nitrogen and oxygen atoms in total. The molecule has 7 saturated carbocycles. The summed E-state index contributed by atoms with van der Waals surface area (Å²) in [5.74, 6) is 5.84. The number of aromatic nitrogens is 1. The second kappa shape index (κ2) is 7.67. The van der Waals surface area contributed by atoms with Crippen molar-refractivity contribution in [3.05, 3.63) is 101 Å². The Morgan fingerprint density at radius 2 is 1.25 bits per heavy atom. The minimum atomic E-state index is 0.419. The molecule has 7 aliphatic rings. The van der Waals surface area contributed by atoms with E-state index in [-0.39, 0.29) is 0 Å². The zero-order chi connectivity index (χ0) is 28.6. The Bertz CT molecular complexity index is 2050. The maximum atomic E-state index is 6.88. The first-order chi connectivity index (χ1) is 21.6. The van der Waals surface area contributed by atoms with Crippen molar-refractivity contribution in [1.29, 1.82) is 0 Å². The van der Waals surface area contributed by atoms with Crippen LogP contribution >= 0.6 is 11.6 Å². The molecule has 4 atom stereocenters. The van der Waals surface area contributed by atoms with Gasteiger partial charge in [-0.05, 0) is 169 Å². The molecule has 1 spiro atoms. The second-order valence-corrected chi connectivity index (χ2v) is 16.9. The third-order valence-corrected chi connectivity index (χ3v) is 15.7. The molecule has 44 heavy (non-hydrogen) atoms. The molecule has 4 unspecified atom stereocenters. The minimum Gasteiger partial charge on any atom is -0.309 e. The molecule has 2 bridgehead atoms. The van der Waals surface area contributed by atoms with Gasteiger partial charge in [0, 0.05) is 26.9 Å². The number of benzene rings is 4. The van der Waals surface area contributed by atoms with Gasteiger partial charge in [0.05, 0.1) is 11.0 Å². The lowest BCUT2D eigenvalue weighted by Crippen LogP contribution is -2.61. The first kappa shape index (κ1) is 24.2. The minimum absolute atomic E-state index is 0.419. The summed E-state index contributed by atoms with van der Waals surface area (Å²) in [5.41, 5.74) is 11.1. The van der Waals surface area contributed by atoms with E-state index in [9.17, 15) is 0 Å². The maximum Gasteiger partial charge on any atom is 0.0541 e. The molecule has 0 amide bonds. The van der Waals surface area contributed by atoms with E-state index in [1.165, 1.54) is 90.7 Å². The quantitative estimate of drug-likeness (QED) is 0.196. The summed E-state index contributed by atoms with van der Waals surface area (Å²) in [4.78, 5) is 0. The van der Waals surface area contributed by atoms with Crippen LogP contribution in [-0.4, -0.2) is 4.57 Å². The van der Waals surface area contributed by atoms with E-state index < -0.39 is 0 Å². The Morgan fingerprint density at radius 1 is 0.591 bits per heavy atom. The van der Waals surface area contributed by atoms with Gasteiger partial charge in [0.15, 0.2) is 0 Å². The third kappa shape index (κ3) is 2.57. The average molecular weight is 592 g/mol. The number of rotatable bonds is 4. The molecular formula is C42H38ClN. The van der Waals surface area contributed by atoms with Gasteiger partial charge in [-0.2, -0.15) is 0 Å². The largest absolute Gasteiger partial charge is 0.309 e. The van der Waals surface area contributed by atoms with Gasteiger partial charge in [0.25, 0.3) is 0 Å². The van der Waals surface area contributed by atoms with E-state index in [4.69, 9.17) is 11.6 Å². The van der Waals surface area contributed by atoms with Gasteiger partial charge < -0.3 is 4.57 Å². The zero-order valence-corrected chi connectivity index (χ0v) is 26.0. The van der Waals surface area contributed by atoms with Crippen molar-refractivity contribution in [3.63, 3.8) is 0 Å². The lowest BCUT2D eigenvalue weighted by Gasteiger charge is -2.66. The molecule has 0 aliphatic heterocycles. The Balaban J connectivity index is 1.09. The van der Waals surface area contributed by atoms with Crippen molar-refractivity contribution in [2.75, 3.05) is 0 Å². The molecule has 4 aromatic carbocycles. The van der Waals surface area contributed by atoms with Crippen molar-refractivity contribution in [3.8, 4) is 16.8 Å². The van der Waals surface area contributed by atoms with Crippen LogP contribution in [0.1, 0.15) is 68.9 Å². The fourth-order valence-electron chi connectivity index (χ4n) is 13.9. The summed E-state index contributed by atoms with van der Waals surface area (Å²) in [5, 5.41) is 3.71. The molecular weight excluding hydrogens is 554 g/mol. The molecule has 1 aromatic heterocycles. The van der Waals surface area contributed by atoms with Gasteiger partial charge >= 0.3 is 0 Å². The normalized spacial score (nSPS) is 39.8. The first-order valence-corrected chi connectivity index (χ1v) is 17.9. The van der Waals surface area contributed by atoms with Crippen molar-refractivity contribution >= 4 is 33.4 Å². The molecule has 0 radical (unpaired) electrons. The van der Waals surface area contributed by atoms with Gasteiger partial charge in [0.2, 0.25) is 0 Å². The van der Waals surface area contributed by atoms with Crippen molar-refractivity contribution in [1.82, 2.24) is 4.57 Å². The average Bonchev–Trinajstić information content (AvgIpc) is 3.62. The summed E-state index contributed by atoms with van der Waals surface area (Å²) in [6, 6.07) is 32.7. The van der Waals surface area contributed by atoms with E-state index in [0.717, 1.165) is 51.6 Å². The van der Waals surface area contributed by atoms with Crippen LogP contribution in [0.25, 0.3) is 38.6 Å². The van der Waals surface area contributed by atoms with E-state index in [1.807, 2.05) is 0 Å². The fourth-order valence-corrected chi connectivity index (χ4v) is 14.1. The van der Waals surface area contributed by atoms with E-state index >= 15 is 0 Å². The Hall–Kier alpha value is -3.03. The van der Waals surface area contributed by atoms with E-state index in [0.29, 0.717) is 10.8 Å². The third-order valence-electron chi connectivity index (χ3n) is 15.5. The van der Waals surface area contributed by atoms with Gasteiger partial charge in [-0.25, -0.2) is 0 Å². The van der Waals surface area contributed by atoms with Crippen LogP contribution in [0, 0.1) is 40.9 Å². The molecule has 7 aliphatic carbocycles. The number of hydrogen-bond donors (Lipinski definition) is 0. The van der Waals surface area contributed by atoms with E-state index in [2.05, 4.69) is 89.5 Å². The molecule has 1 heterocycles. The first-order valence-electron chi connectivity index (χ1n) is 17.5. The van der Waals surface area contributed by atoms with Gasteiger partial charge in [-0.15, -0.1) is 0 Å². The molecule has 2 heteroatoms. The number of nitrogens with zero attached hydrogens (tertiary/aromatic N) is 1. The highest BCUT2D eigenvalue weighted by atomic mass is 35.5. The maximum absolute atomic E-state index is 6.88. The zero-order valence-electron chi connectivity index (χ0n) is 25.2. The summed E-state index contributed by atoms with van der Waals surface area (Å²) in [6.07, 6.45) is 13.2. The van der Waals surface area contributed by atoms with Gasteiger partial charge in [-0.3, -0.25) is 0 Å². The summed E-state index contributed by atoms with van der Waals surface area (Å²) in [6.45, 7) is 0. The van der Waals surface area contributed by atoms with E-state index in [1.54, 1.807) is 11.1 Å². The van der Waals surface area contributed by atoms with Crippen LogP contribution in [0.3, 0.4) is 0 Å². The van der Waals surface area contributed by atoms with Gasteiger partial charge in [0.1, 0.15) is 0 Å². The van der Waals surface area contributed by atoms with Crippen LogP contribution in [0.5, 0.6) is 0 Å². The molecule has 7 fully saturated rings. The second-order valence-electron chi connectivity index (χ2n) is 16.5. The predicted octanol–water partition coefficient (Wildman–Crippen LogP) is 10.9. The number of halogens is 1. The van der Waals surface area contributed by atoms with Gasteiger partial charge in [-0.1, -0.05) is 54.1 Å². The molecule has 0 N–H and O–H groups in total. The van der Waals surface area contributed by atoms with Crippen molar-refractivity contribution in [2.45, 2.75) is 68.6 Å².